The van der Waals surface area contributed by atoms with E-state index in [0.29, 0.717) is 19.4 Å². The van der Waals surface area contributed by atoms with Crippen LogP contribution in [0.25, 0.3) is 10.9 Å². The first-order valence-corrected chi connectivity index (χ1v) is 11.5. The summed E-state index contributed by atoms with van der Waals surface area (Å²) in [5, 5.41) is 15.8. The van der Waals surface area contributed by atoms with E-state index >= 15 is 0 Å². The Morgan fingerprint density at radius 2 is 1.85 bits per heavy atom. The Morgan fingerprint density at radius 1 is 1.15 bits per heavy atom. The lowest BCUT2D eigenvalue weighted by Crippen LogP contribution is -2.58. The lowest BCUT2D eigenvalue weighted by molar-refractivity contribution is -0.150. The third-order valence-electron chi connectivity index (χ3n) is 6.20. The van der Waals surface area contributed by atoms with Gasteiger partial charge in [0.25, 0.3) is 0 Å². The second kappa shape index (κ2) is 10.7. The van der Waals surface area contributed by atoms with Crippen molar-refractivity contribution in [2.75, 3.05) is 6.54 Å². The molecule has 6 N–H and O–H groups in total. The number of carbonyl (C=O) groups is 4. The van der Waals surface area contributed by atoms with Gasteiger partial charge in [0, 0.05) is 30.1 Å². The monoisotopic (exact) mass is 471 g/mol. The number of carboxylic acid groups (broad SMARTS) is 1. The minimum atomic E-state index is -1.05. The highest BCUT2D eigenvalue weighted by Gasteiger charge is 2.39. The maximum atomic E-state index is 13.3. The molecule has 34 heavy (non-hydrogen) atoms. The van der Waals surface area contributed by atoms with Crippen molar-refractivity contribution in [2.24, 2.45) is 11.7 Å². The zero-order valence-electron chi connectivity index (χ0n) is 19.7. The fourth-order valence-electron chi connectivity index (χ4n) is 4.27. The van der Waals surface area contributed by atoms with E-state index in [4.69, 9.17) is 5.73 Å². The number of aromatic nitrogens is 1. The quantitative estimate of drug-likeness (QED) is 0.363. The number of carbonyl (C=O) groups excluding carboxylic acids is 3. The number of hydrogen-bond acceptors (Lipinski definition) is 5. The van der Waals surface area contributed by atoms with Gasteiger partial charge in [-0.1, -0.05) is 32.0 Å². The molecule has 1 saturated heterocycles. The van der Waals surface area contributed by atoms with Gasteiger partial charge in [0.15, 0.2) is 0 Å². The summed E-state index contributed by atoms with van der Waals surface area (Å²) in [4.78, 5) is 55.0. The topological polar surface area (TPSA) is 158 Å². The number of aliphatic carboxylic acids is 1. The van der Waals surface area contributed by atoms with Gasteiger partial charge in [-0.15, -0.1) is 0 Å². The fourth-order valence-corrected chi connectivity index (χ4v) is 4.27. The van der Waals surface area contributed by atoms with E-state index in [1.807, 2.05) is 24.3 Å². The van der Waals surface area contributed by atoms with Gasteiger partial charge < -0.3 is 31.4 Å². The number of rotatable bonds is 9. The molecule has 184 valence electrons. The molecule has 4 unspecified atom stereocenters. The lowest BCUT2D eigenvalue weighted by Gasteiger charge is -2.30. The van der Waals surface area contributed by atoms with Crippen molar-refractivity contribution in [1.29, 1.82) is 0 Å². The van der Waals surface area contributed by atoms with Crippen LogP contribution in [0.15, 0.2) is 30.5 Å². The van der Waals surface area contributed by atoms with Gasteiger partial charge in [-0.05, 0) is 37.3 Å². The van der Waals surface area contributed by atoms with E-state index < -0.39 is 47.9 Å². The predicted octanol–water partition coefficient (Wildman–Crippen LogP) is 0.759. The van der Waals surface area contributed by atoms with Crippen molar-refractivity contribution in [2.45, 2.75) is 64.2 Å². The number of H-pyrrole nitrogens is 1. The van der Waals surface area contributed by atoms with E-state index in [1.54, 1.807) is 20.0 Å². The Bertz CT molecular complexity index is 1060. The van der Waals surface area contributed by atoms with Crippen molar-refractivity contribution >= 4 is 34.6 Å². The second-order valence-electron chi connectivity index (χ2n) is 9.17. The molecule has 3 amide bonds. The molecular weight excluding hydrogens is 438 g/mol. The second-order valence-corrected chi connectivity index (χ2v) is 9.17. The molecule has 0 radical (unpaired) electrons. The van der Waals surface area contributed by atoms with Crippen LogP contribution >= 0.6 is 0 Å². The summed E-state index contributed by atoms with van der Waals surface area (Å²) in [6.07, 6.45) is 2.95. The summed E-state index contributed by atoms with van der Waals surface area (Å²) >= 11 is 0. The Labute approximate surface area is 198 Å². The maximum Gasteiger partial charge on any atom is 0.326 e. The minimum Gasteiger partial charge on any atom is -0.480 e. The first-order valence-electron chi connectivity index (χ1n) is 11.5. The zero-order valence-corrected chi connectivity index (χ0v) is 19.7. The molecule has 10 nitrogen and oxygen atoms in total. The van der Waals surface area contributed by atoms with Gasteiger partial charge in [0.2, 0.25) is 17.7 Å². The molecule has 10 heteroatoms. The third-order valence-corrected chi connectivity index (χ3v) is 6.20. The van der Waals surface area contributed by atoms with Crippen LogP contribution in [0.4, 0.5) is 0 Å². The number of benzene rings is 1. The summed E-state index contributed by atoms with van der Waals surface area (Å²) in [5.41, 5.74) is 7.44. The van der Waals surface area contributed by atoms with E-state index in [0.717, 1.165) is 16.5 Å². The summed E-state index contributed by atoms with van der Waals surface area (Å²) in [6.45, 7) is 5.42. The summed E-state index contributed by atoms with van der Waals surface area (Å²) < 4.78 is 0. The number of amides is 3. The van der Waals surface area contributed by atoms with E-state index in [2.05, 4.69) is 15.6 Å². The Hall–Kier alpha value is -3.40. The van der Waals surface area contributed by atoms with Crippen LogP contribution < -0.4 is 16.4 Å². The average molecular weight is 472 g/mol. The first kappa shape index (κ1) is 25.2. The van der Waals surface area contributed by atoms with Crippen molar-refractivity contribution < 1.29 is 24.3 Å². The SMILES string of the molecule is CC(N)C(=O)NC(Cc1c[nH]c2ccccc12)C(=O)NC(C(=O)N1CCCC1C(=O)O)C(C)C. The van der Waals surface area contributed by atoms with Gasteiger partial charge in [0.05, 0.1) is 6.04 Å². The smallest absolute Gasteiger partial charge is 0.326 e. The minimum absolute atomic E-state index is 0.189. The first-order chi connectivity index (χ1) is 16.1. The van der Waals surface area contributed by atoms with Crippen molar-refractivity contribution in [3.05, 3.63) is 36.0 Å². The summed E-state index contributed by atoms with van der Waals surface area (Å²) in [5.74, 6) is -2.79. The highest BCUT2D eigenvalue weighted by molar-refractivity contribution is 5.95. The molecule has 1 aliphatic rings. The molecule has 1 aliphatic heterocycles. The van der Waals surface area contributed by atoms with Gasteiger partial charge in [0.1, 0.15) is 18.1 Å². The number of para-hydroxylation sites is 1. The van der Waals surface area contributed by atoms with Gasteiger partial charge in [-0.3, -0.25) is 14.4 Å². The standard InChI is InChI=1S/C24H33N5O5/c1-13(2)20(23(32)29-10-6-9-19(29)24(33)34)28-22(31)18(27-21(30)14(3)25)11-15-12-26-17-8-5-4-7-16(15)17/h4-5,7-8,12-14,18-20,26H,6,9-11,25H2,1-3H3,(H,27,30)(H,28,31)(H,33,34). The number of nitrogens with one attached hydrogen (secondary N) is 3. The Balaban J connectivity index is 1.83. The molecule has 0 spiro atoms. The van der Waals surface area contributed by atoms with Crippen LogP contribution in [0.1, 0.15) is 39.2 Å². The number of likely N-dealkylation sites (tertiary alicyclic amines) is 1. The van der Waals surface area contributed by atoms with Crippen molar-refractivity contribution in [3.63, 3.8) is 0 Å². The van der Waals surface area contributed by atoms with E-state index in [1.165, 1.54) is 11.8 Å². The molecule has 0 bridgehead atoms. The average Bonchev–Trinajstić information content (AvgIpc) is 3.44. The van der Waals surface area contributed by atoms with Gasteiger partial charge >= 0.3 is 5.97 Å². The van der Waals surface area contributed by atoms with Crippen LogP contribution in [-0.4, -0.2) is 69.4 Å². The number of fused-ring (bicyclic) bond motifs is 1. The summed E-state index contributed by atoms with van der Waals surface area (Å²) in [6, 6.07) is 4.00. The summed E-state index contributed by atoms with van der Waals surface area (Å²) in [7, 11) is 0. The Kier molecular flexibility index (Phi) is 7.93. The Morgan fingerprint density at radius 3 is 2.50 bits per heavy atom. The lowest BCUT2D eigenvalue weighted by atomic mass is 9.99. The molecule has 2 heterocycles. The van der Waals surface area contributed by atoms with Crippen LogP contribution in [-0.2, 0) is 25.6 Å². The normalized spacial score (nSPS) is 18.5. The molecule has 2 aromatic rings. The van der Waals surface area contributed by atoms with Crippen molar-refractivity contribution in [1.82, 2.24) is 20.5 Å². The number of nitrogens with two attached hydrogens (primary N) is 1. The number of hydrogen-bond donors (Lipinski definition) is 5. The van der Waals surface area contributed by atoms with Gasteiger partial charge in [-0.25, -0.2) is 4.79 Å². The van der Waals surface area contributed by atoms with Crippen LogP contribution in [0.3, 0.4) is 0 Å². The van der Waals surface area contributed by atoms with E-state index in [-0.39, 0.29) is 12.3 Å². The van der Waals surface area contributed by atoms with Crippen LogP contribution in [0.5, 0.6) is 0 Å². The molecule has 1 aromatic heterocycles. The third kappa shape index (κ3) is 5.56. The number of aromatic amines is 1. The van der Waals surface area contributed by atoms with Crippen LogP contribution in [0, 0.1) is 5.92 Å². The number of carboxylic acids is 1. The number of nitrogens with zero attached hydrogens (tertiary/aromatic N) is 1. The molecule has 3 rings (SSSR count). The molecule has 4 atom stereocenters. The predicted molar refractivity (Wildman–Crippen MR) is 127 cm³/mol. The largest absolute Gasteiger partial charge is 0.480 e. The van der Waals surface area contributed by atoms with Crippen molar-refractivity contribution in [3.8, 4) is 0 Å². The maximum absolute atomic E-state index is 13.3. The molecule has 0 saturated carbocycles. The molecular formula is C24H33N5O5. The molecule has 1 aromatic carbocycles. The highest BCUT2D eigenvalue weighted by Crippen LogP contribution is 2.22. The van der Waals surface area contributed by atoms with E-state index in [9.17, 15) is 24.3 Å². The van der Waals surface area contributed by atoms with Crippen LogP contribution in [0.2, 0.25) is 0 Å². The zero-order chi connectivity index (χ0) is 25.0. The fraction of sp³-hybridized carbons (Fsp3) is 0.500. The molecule has 1 fully saturated rings. The highest BCUT2D eigenvalue weighted by atomic mass is 16.4. The van der Waals surface area contributed by atoms with Gasteiger partial charge in [-0.2, -0.15) is 0 Å². The molecule has 0 aliphatic carbocycles.